The number of pyridine rings is 1. The van der Waals surface area contributed by atoms with E-state index in [0.717, 1.165) is 27.0 Å². The smallest absolute Gasteiger partial charge is 0.103 e. The minimum atomic E-state index is 0.613. The Bertz CT molecular complexity index is 610. The lowest BCUT2D eigenvalue weighted by Gasteiger charge is -2.09. The van der Waals surface area contributed by atoms with E-state index < -0.39 is 0 Å². The second-order valence-electron chi connectivity index (χ2n) is 4.08. The second kappa shape index (κ2) is 5.15. The van der Waals surface area contributed by atoms with Gasteiger partial charge in [-0.25, -0.2) is 4.98 Å². The fourth-order valence-electron chi connectivity index (χ4n) is 1.78. The molecule has 0 aromatic carbocycles. The summed E-state index contributed by atoms with van der Waals surface area (Å²) in [5.41, 5.74) is 3.13. The van der Waals surface area contributed by atoms with Crippen molar-refractivity contribution in [3.8, 4) is 6.07 Å². The monoisotopic (exact) mass is 258 g/mol. The Morgan fingerprint density at radius 2 is 2.17 bits per heavy atom. The molecule has 0 aliphatic heterocycles. The maximum Gasteiger partial charge on any atom is 0.103 e. The van der Waals surface area contributed by atoms with Crippen LogP contribution >= 0.6 is 11.3 Å². The van der Waals surface area contributed by atoms with Crippen molar-refractivity contribution in [2.24, 2.45) is 0 Å². The third-order valence-electron chi connectivity index (χ3n) is 2.56. The van der Waals surface area contributed by atoms with E-state index >= 15 is 0 Å². The maximum atomic E-state index is 9.15. The third-order valence-corrected chi connectivity index (χ3v) is 3.48. The summed E-state index contributed by atoms with van der Waals surface area (Å²) in [4.78, 5) is 9.66. The lowest BCUT2D eigenvalue weighted by atomic mass is 10.1. The molecule has 92 valence electrons. The summed E-state index contributed by atoms with van der Waals surface area (Å²) in [6.45, 7) is 6.45. The summed E-state index contributed by atoms with van der Waals surface area (Å²) in [6, 6.07) is 4.10. The zero-order valence-electron chi connectivity index (χ0n) is 10.6. The second-order valence-corrected chi connectivity index (χ2v) is 5.40. The Balaban J connectivity index is 2.21. The molecular weight excluding hydrogens is 244 g/mol. The van der Waals surface area contributed by atoms with E-state index in [9.17, 15) is 0 Å². The van der Waals surface area contributed by atoms with Gasteiger partial charge in [-0.1, -0.05) is 0 Å². The van der Waals surface area contributed by atoms with E-state index in [0.29, 0.717) is 12.1 Å². The van der Waals surface area contributed by atoms with Gasteiger partial charge in [0.05, 0.1) is 28.5 Å². The predicted molar refractivity (Wildman–Crippen MR) is 72.6 cm³/mol. The minimum Gasteiger partial charge on any atom is -0.379 e. The zero-order chi connectivity index (χ0) is 13.1. The normalized spacial score (nSPS) is 10.1. The van der Waals surface area contributed by atoms with Gasteiger partial charge in [0.15, 0.2) is 0 Å². The molecule has 0 atom stereocenters. The Labute approximate surface area is 110 Å². The number of aryl methyl sites for hydroxylation is 3. The molecule has 0 unspecified atom stereocenters. The van der Waals surface area contributed by atoms with Crippen LogP contribution in [-0.2, 0) is 6.54 Å². The highest BCUT2D eigenvalue weighted by molar-refractivity contribution is 7.11. The number of hydrogen-bond donors (Lipinski definition) is 1. The number of anilines is 1. The average Bonchev–Trinajstić information content (AvgIpc) is 2.72. The van der Waals surface area contributed by atoms with E-state index in [-0.39, 0.29) is 0 Å². The van der Waals surface area contributed by atoms with Crippen LogP contribution in [0.25, 0.3) is 0 Å². The van der Waals surface area contributed by atoms with Crippen LogP contribution in [0.1, 0.15) is 26.8 Å². The molecule has 0 radical (unpaired) electrons. The number of aromatic nitrogens is 2. The highest BCUT2D eigenvalue weighted by Crippen LogP contribution is 2.20. The molecule has 2 aromatic rings. The summed E-state index contributed by atoms with van der Waals surface area (Å²) < 4.78 is 0. The molecule has 4 nitrogen and oxygen atoms in total. The van der Waals surface area contributed by atoms with Crippen LogP contribution in [0.3, 0.4) is 0 Å². The molecule has 0 aliphatic rings. The van der Waals surface area contributed by atoms with Gasteiger partial charge in [-0.15, -0.1) is 11.3 Å². The molecular formula is C13H14N4S. The fraction of sp³-hybridized carbons (Fsp3) is 0.308. The lowest BCUT2D eigenvalue weighted by molar-refractivity contribution is 1.09. The van der Waals surface area contributed by atoms with Gasteiger partial charge in [-0.3, -0.25) is 4.98 Å². The molecule has 0 bridgehead atoms. The standard InChI is InChI=1S/C13H14N4S/c1-8-4-13(12(5-14)9(2)17-8)16-7-11-6-15-10(3)18-11/h4,6H,7H2,1-3H3,(H,16,17). The average molecular weight is 258 g/mol. The van der Waals surface area contributed by atoms with Crippen molar-refractivity contribution in [2.75, 3.05) is 5.32 Å². The molecule has 0 aliphatic carbocycles. The molecule has 0 saturated heterocycles. The van der Waals surface area contributed by atoms with Crippen LogP contribution in [0.4, 0.5) is 5.69 Å². The number of hydrogen-bond acceptors (Lipinski definition) is 5. The van der Waals surface area contributed by atoms with Gasteiger partial charge in [-0.2, -0.15) is 5.26 Å². The van der Waals surface area contributed by atoms with E-state index in [1.54, 1.807) is 11.3 Å². The van der Waals surface area contributed by atoms with Crippen LogP contribution in [0.5, 0.6) is 0 Å². The van der Waals surface area contributed by atoms with E-state index in [2.05, 4.69) is 21.4 Å². The van der Waals surface area contributed by atoms with Gasteiger partial charge in [0, 0.05) is 16.8 Å². The minimum absolute atomic E-state index is 0.613. The molecule has 1 N–H and O–H groups in total. The van der Waals surface area contributed by atoms with Crippen LogP contribution in [0, 0.1) is 32.1 Å². The first-order valence-corrected chi connectivity index (χ1v) is 6.45. The largest absolute Gasteiger partial charge is 0.379 e. The molecule has 0 spiro atoms. The van der Waals surface area contributed by atoms with Crippen LogP contribution in [-0.4, -0.2) is 9.97 Å². The first kappa shape index (κ1) is 12.5. The predicted octanol–water partition coefficient (Wildman–Crippen LogP) is 2.95. The Morgan fingerprint density at radius 1 is 1.39 bits per heavy atom. The molecule has 0 fully saturated rings. The van der Waals surface area contributed by atoms with E-state index in [1.807, 2.05) is 33.0 Å². The summed E-state index contributed by atoms with van der Waals surface area (Å²) in [6.07, 6.45) is 1.86. The Kier molecular flexibility index (Phi) is 3.58. The van der Waals surface area contributed by atoms with Crippen LogP contribution < -0.4 is 5.32 Å². The van der Waals surface area contributed by atoms with Crippen molar-refractivity contribution >= 4 is 17.0 Å². The molecule has 0 saturated carbocycles. The quantitative estimate of drug-likeness (QED) is 0.919. The van der Waals surface area contributed by atoms with Gasteiger partial charge >= 0.3 is 0 Å². The number of thiazole rings is 1. The SMILES string of the molecule is Cc1cc(NCc2cnc(C)s2)c(C#N)c(C)n1. The van der Waals surface area contributed by atoms with Gasteiger partial charge in [-0.05, 0) is 26.8 Å². The molecule has 2 heterocycles. The molecule has 18 heavy (non-hydrogen) atoms. The van der Waals surface area contributed by atoms with Gasteiger partial charge in [0.25, 0.3) is 0 Å². The van der Waals surface area contributed by atoms with Crippen LogP contribution in [0.15, 0.2) is 12.3 Å². The summed E-state index contributed by atoms with van der Waals surface area (Å²) in [5.74, 6) is 0. The number of nitrogens with zero attached hydrogens (tertiary/aromatic N) is 3. The summed E-state index contributed by atoms with van der Waals surface area (Å²) in [7, 11) is 0. The Morgan fingerprint density at radius 3 is 2.78 bits per heavy atom. The number of nitrogens with one attached hydrogen (secondary N) is 1. The van der Waals surface area contributed by atoms with Crippen LogP contribution in [0.2, 0.25) is 0 Å². The highest BCUT2D eigenvalue weighted by Gasteiger charge is 2.08. The third kappa shape index (κ3) is 2.66. The zero-order valence-corrected chi connectivity index (χ0v) is 11.4. The number of nitriles is 1. The van der Waals surface area contributed by atoms with Crippen molar-refractivity contribution in [1.29, 1.82) is 5.26 Å². The first-order chi connectivity index (χ1) is 8.60. The summed E-state index contributed by atoms with van der Waals surface area (Å²) in [5, 5.41) is 13.5. The van der Waals surface area contributed by atoms with Gasteiger partial charge in [0.2, 0.25) is 0 Å². The molecule has 0 amide bonds. The fourth-order valence-corrected chi connectivity index (χ4v) is 2.51. The van der Waals surface area contributed by atoms with E-state index in [4.69, 9.17) is 5.26 Å². The molecule has 5 heteroatoms. The Hall–Kier alpha value is -1.93. The van der Waals surface area contributed by atoms with E-state index in [1.165, 1.54) is 0 Å². The highest BCUT2D eigenvalue weighted by atomic mass is 32.1. The first-order valence-electron chi connectivity index (χ1n) is 5.63. The maximum absolute atomic E-state index is 9.15. The molecule has 2 rings (SSSR count). The van der Waals surface area contributed by atoms with Crippen molar-refractivity contribution in [2.45, 2.75) is 27.3 Å². The molecule has 2 aromatic heterocycles. The number of rotatable bonds is 3. The van der Waals surface area contributed by atoms with Crippen molar-refractivity contribution in [1.82, 2.24) is 9.97 Å². The van der Waals surface area contributed by atoms with Gasteiger partial charge in [0.1, 0.15) is 6.07 Å². The lowest BCUT2D eigenvalue weighted by Crippen LogP contribution is -2.03. The van der Waals surface area contributed by atoms with Crippen molar-refractivity contribution < 1.29 is 0 Å². The van der Waals surface area contributed by atoms with Crippen molar-refractivity contribution in [3.05, 3.63) is 39.1 Å². The van der Waals surface area contributed by atoms with Crippen molar-refractivity contribution in [3.63, 3.8) is 0 Å². The van der Waals surface area contributed by atoms with Gasteiger partial charge < -0.3 is 5.32 Å². The summed E-state index contributed by atoms with van der Waals surface area (Å²) >= 11 is 1.66. The topological polar surface area (TPSA) is 61.6 Å².